The first-order valence-electron chi connectivity index (χ1n) is 10.6. The van der Waals surface area contributed by atoms with Gasteiger partial charge in [0, 0.05) is 19.6 Å². The number of fused-ring (bicyclic) bond motifs is 1. The first kappa shape index (κ1) is 22.3. The summed E-state index contributed by atoms with van der Waals surface area (Å²) in [6.45, 7) is 3.30. The highest BCUT2D eigenvalue weighted by atomic mass is 32.2. The molecule has 0 saturated carbocycles. The average Bonchev–Trinajstić information content (AvgIpc) is 2.82. The zero-order valence-corrected chi connectivity index (χ0v) is 18.7. The summed E-state index contributed by atoms with van der Waals surface area (Å²) < 4.78 is 38.3. The van der Waals surface area contributed by atoms with Crippen LogP contribution in [0.1, 0.15) is 29.3 Å². The molecular weight excluding hydrogens is 432 g/mol. The van der Waals surface area contributed by atoms with Gasteiger partial charge in [0.05, 0.1) is 28.9 Å². The van der Waals surface area contributed by atoms with Crippen LogP contribution in [0.4, 0.5) is 5.69 Å². The number of amides is 1. The van der Waals surface area contributed by atoms with Gasteiger partial charge in [-0.05, 0) is 55.7 Å². The van der Waals surface area contributed by atoms with Crippen molar-refractivity contribution in [2.45, 2.75) is 30.8 Å². The number of morpholine rings is 1. The molecule has 1 saturated heterocycles. The Labute approximate surface area is 187 Å². The van der Waals surface area contributed by atoms with Crippen molar-refractivity contribution in [3.63, 3.8) is 0 Å². The second-order valence-corrected chi connectivity index (χ2v) is 9.79. The highest BCUT2D eigenvalue weighted by molar-refractivity contribution is 7.92. The van der Waals surface area contributed by atoms with Crippen molar-refractivity contribution in [3.8, 4) is 0 Å². The zero-order valence-electron chi connectivity index (χ0n) is 17.9. The lowest BCUT2D eigenvalue weighted by atomic mass is 10.0. The van der Waals surface area contributed by atoms with E-state index in [9.17, 15) is 18.0 Å². The number of carbonyl (C=O) groups is 2. The van der Waals surface area contributed by atoms with Gasteiger partial charge < -0.3 is 14.4 Å². The molecule has 0 unspecified atom stereocenters. The summed E-state index contributed by atoms with van der Waals surface area (Å²) >= 11 is 0. The molecule has 2 aromatic rings. The Morgan fingerprint density at radius 2 is 1.84 bits per heavy atom. The molecule has 2 aliphatic heterocycles. The van der Waals surface area contributed by atoms with Crippen LogP contribution in [-0.2, 0) is 30.7 Å². The largest absolute Gasteiger partial charge is 0.452 e. The number of aryl methyl sites for hydroxylation is 1. The van der Waals surface area contributed by atoms with Crippen LogP contribution < -0.4 is 4.31 Å². The predicted octanol–water partition coefficient (Wildman–Crippen LogP) is 2.23. The first-order valence-corrected chi connectivity index (χ1v) is 12.1. The van der Waals surface area contributed by atoms with Crippen LogP contribution in [0.3, 0.4) is 0 Å². The van der Waals surface area contributed by atoms with Gasteiger partial charge in [0.1, 0.15) is 0 Å². The predicted molar refractivity (Wildman–Crippen MR) is 118 cm³/mol. The highest BCUT2D eigenvalue weighted by Gasteiger charge is 2.29. The fraction of sp³-hybridized carbons (Fsp3) is 0.391. The summed E-state index contributed by atoms with van der Waals surface area (Å²) in [7, 11) is -3.75. The van der Waals surface area contributed by atoms with Crippen LogP contribution in [0.5, 0.6) is 0 Å². The average molecular weight is 459 g/mol. The molecule has 32 heavy (non-hydrogen) atoms. The standard InChI is InChI=1S/C23H26N2O6S/c1-17-15-24(13-14-30-17)22(26)16-31-23(27)19-8-10-20(11-9-19)32(28,29)25-12-4-6-18-5-2-3-7-21(18)25/h2-3,5,7-11,17H,4,6,12-16H2,1H3/t17-/m1/s1. The van der Waals surface area contributed by atoms with E-state index in [2.05, 4.69) is 0 Å². The fourth-order valence-corrected chi connectivity index (χ4v) is 5.53. The quantitative estimate of drug-likeness (QED) is 0.638. The van der Waals surface area contributed by atoms with Gasteiger partial charge >= 0.3 is 5.97 Å². The van der Waals surface area contributed by atoms with E-state index in [-0.39, 0.29) is 29.1 Å². The number of hydrogen-bond donors (Lipinski definition) is 0. The Morgan fingerprint density at radius 3 is 2.59 bits per heavy atom. The molecule has 0 radical (unpaired) electrons. The number of ether oxygens (including phenoxy) is 2. The second-order valence-electron chi connectivity index (χ2n) is 7.93. The van der Waals surface area contributed by atoms with Crippen molar-refractivity contribution >= 4 is 27.6 Å². The molecule has 8 nitrogen and oxygen atoms in total. The van der Waals surface area contributed by atoms with Crippen molar-refractivity contribution in [2.75, 3.05) is 37.2 Å². The lowest BCUT2D eigenvalue weighted by Crippen LogP contribution is -2.46. The van der Waals surface area contributed by atoms with E-state index in [1.165, 1.54) is 28.6 Å². The van der Waals surface area contributed by atoms with E-state index >= 15 is 0 Å². The van der Waals surface area contributed by atoms with Gasteiger partial charge in [0.15, 0.2) is 6.61 Å². The van der Waals surface area contributed by atoms with E-state index in [1.807, 2.05) is 31.2 Å². The van der Waals surface area contributed by atoms with Gasteiger partial charge in [-0.25, -0.2) is 13.2 Å². The van der Waals surface area contributed by atoms with E-state index < -0.39 is 16.0 Å². The molecule has 2 heterocycles. The summed E-state index contributed by atoms with van der Waals surface area (Å²) in [5, 5.41) is 0. The Morgan fingerprint density at radius 1 is 1.09 bits per heavy atom. The SMILES string of the molecule is C[C@@H]1CN(C(=O)COC(=O)c2ccc(S(=O)(=O)N3CCCc4ccccc43)cc2)CCO1. The molecule has 0 aromatic heterocycles. The fourth-order valence-electron chi connectivity index (χ4n) is 3.99. The van der Waals surface area contributed by atoms with Gasteiger partial charge in [-0.15, -0.1) is 0 Å². The van der Waals surface area contributed by atoms with Crippen molar-refractivity contribution in [1.29, 1.82) is 0 Å². The minimum absolute atomic E-state index is 0.0511. The maximum absolute atomic E-state index is 13.2. The Hall–Kier alpha value is -2.91. The third-order valence-corrected chi connectivity index (χ3v) is 7.49. The molecule has 9 heteroatoms. The van der Waals surface area contributed by atoms with Crippen LogP contribution in [0.2, 0.25) is 0 Å². The van der Waals surface area contributed by atoms with Gasteiger partial charge in [-0.3, -0.25) is 9.10 Å². The van der Waals surface area contributed by atoms with E-state index in [1.54, 1.807) is 4.90 Å². The molecule has 0 aliphatic carbocycles. The summed E-state index contributed by atoms with van der Waals surface area (Å²) in [5.74, 6) is -0.955. The molecule has 170 valence electrons. The number of nitrogens with zero attached hydrogens (tertiary/aromatic N) is 2. The topological polar surface area (TPSA) is 93.2 Å². The van der Waals surface area contributed by atoms with Gasteiger partial charge in [-0.2, -0.15) is 0 Å². The minimum atomic E-state index is -3.75. The third kappa shape index (κ3) is 4.63. The zero-order chi connectivity index (χ0) is 22.7. The summed E-state index contributed by atoms with van der Waals surface area (Å²) in [6, 6.07) is 13.1. The normalized spacial score (nSPS) is 18.7. The van der Waals surface area contributed by atoms with Gasteiger partial charge in [0.2, 0.25) is 0 Å². The number of carbonyl (C=O) groups excluding carboxylic acids is 2. The lowest BCUT2D eigenvalue weighted by molar-refractivity contribution is -0.141. The number of esters is 1. The van der Waals surface area contributed by atoms with Crippen LogP contribution in [-0.4, -0.2) is 64.1 Å². The molecule has 0 N–H and O–H groups in total. The third-order valence-electron chi connectivity index (χ3n) is 5.67. The number of benzene rings is 2. The molecule has 2 aromatic carbocycles. The Kier molecular flexibility index (Phi) is 6.48. The van der Waals surface area contributed by atoms with Crippen LogP contribution >= 0.6 is 0 Å². The summed E-state index contributed by atoms with van der Waals surface area (Å²) in [6.07, 6.45) is 1.54. The van der Waals surface area contributed by atoms with Crippen LogP contribution in [0.25, 0.3) is 0 Å². The van der Waals surface area contributed by atoms with Gasteiger partial charge in [0.25, 0.3) is 15.9 Å². The molecule has 0 spiro atoms. The molecule has 1 atom stereocenters. The Bertz CT molecular complexity index is 1100. The van der Waals surface area contributed by atoms with Crippen molar-refractivity contribution in [1.82, 2.24) is 4.90 Å². The first-order chi connectivity index (χ1) is 15.4. The van der Waals surface area contributed by atoms with E-state index in [0.717, 1.165) is 18.4 Å². The van der Waals surface area contributed by atoms with Crippen molar-refractivity contribution in [2.24, 2.45) is 0 Å². The number of sulfonamides is 1. The smallest absolute Gasteiger partial charge is 0.338 e. The van der Waals surface area contributed by atoms with E-state index in [0.29, 0.717) is 31.9 Å². The van der Waals surface area contributed by atoms with Crippen LogP contribution in [0, 0.1) is 0 Å². The summed E-state index contributed by atoms with van der Waals surface area (Å²) in [4.78, 5) is 26.3. The molecule has 1 amide bonds. The minimum Gasteiger partial charge on any atom is -0.452 e. The highest BCUT2D eigenvalue weighted by Crippen LogP contribution is 2.31. The number of anilines is 1. The molecule has 2 aliphatic rings. The maximum Gasteiger partial charge on any atom is 0.338 e. The number of hydrogen-bond acceptors (Lipinski definition) is 6. The van der Waals surface area contributed by atoms with Crippen molar-refractivity contribution in [3.05, 3.63) is 59.7 Å². The lowest BCUT2D eigenvalue weighted by Gasteiger charge is -2.31. The molecule has 4 rings (SSSR count). The monoisotopic (exact) mass is 458 g/mol. The maximum atomic E-state index is 13.2. The molecule has 1 fully saturated rings. The second kappa shape index (κ2) is 9.30. The molecular formula is C23H26N2O6S. The summed E-state index contributed by atoms with van der Waals surface area (Å²) in [5.41, 5.74) is 1.88. The van der Waals surface area contributed by atoms with Crippen molar-refractivity contribution < 1.29 is 27.5 Å². The molecule has 0 bridgehead atoms. The Balaban J connectivity index is 1.41. The van der Waals surface area contributed by atoms with Crippen LogP contribution in [0.15, 0.2) is 53.4 Å². The van der Waals surface area contributed by atoms with Gasteiger partial charge in [-0.1, -0.05) is 18.2 Å². The van der Waals surface area contributed by atoms with E-state index in [4.69, 9.17) is 9.47 Å². The number of rotatable bonds is 5. The number of para-hydroxylation sites is 1.